The summed E-state index contributed by atoms with van der Waals surface area (Å²) in [5, 5.41) is 3.12. The third-order valence-corrected chi connectivity index (χ3v) is 3.33. The number of ether oxygens (including phenoxy) is 2. The zero-order valence-corrected chi connectivity index (χ0v) is 12.0. The maximum Gasteiger partial charge on any atom is 0.573 e. The minimum Gasteiger partial charge on any atom is -0.497 e. The Balaban J connectivity index is 1.93. The topological polar surface area (TPSA) is 30.5 Å². The van der Waals surface area contributed by atoms with Gasteiger partial charge in [-0.25, -0.2) is 0 Å². The number of hydrogen-bond donors (Lipinski definition) is 1. The second-order valence-electron chi connectivity index (χ2n) is 4.28. The second-order valence-corrected chi connectivity index (χ2v) is 5.14. The molecule has 1 aromatic carbocycles. The lowest BCUT2D eigenvalue weighted by Crippen LogP contribution is -2.23. The summed E-state index contributed by atoms with van der Waals surface area (Å²) in [7, 11) is 0. The molecule has 0 aliphatic carbocycles. The van der Waals surface area contributed by atoms with Gasteiger partial charge in [0, 0.05) is 5.69 Å². The zero-order valence-electron chi connectivity index (χ0n) is 10.4. The highest BCUT2D eigenvalue weighted by molar-refractivity contribution is 9.10. The standard InChI is InChI=1S/C13H13BrF3NO2/c14-11-7-9(4-5-12(11)20-13(15,16)17)18-8-10-3-1-2-6-19-10/h2,4-7,10,18H,1,3,8H2. The van der Waals surface area contributed by atoms with Crippen molar-refractivity contribution in [1.82, 2.24) is 0 Å². The van der Waals surface area contributed by atoms with E-state index in [2.05, 4.69) is 26.0 Å². The number of anilines is 1. The average Bonchev–Trinajstić information content (AvgIpc) is 2.39. The quantitative estimate of drug-likeness (QED) is 0.868. The Morgan fingerprint density at radius 2 is 2.20 bits per heavy atom. The molecule has 1 aliphatic heterocycles. The van der Waals surface area contributed by atoms with E-state index in [9.17, 15) is 13.2 Å². The van der Waals surface area contributed by atoms with Crippen LogP contribution in [0.5, 0.6) is 5.75 Å². The second kappa shape index (κ2) is 6.39. The van der Waals surface area contributed by atoms with Crippen molar-refractivity contribution in [1.29, 1.82) is 0 Å². The molecule has 7 heteroatoms. The monoisotopic (exact) mass is 351 g/mol. The van der Waals surface area contributed by atoms with Crippen LogP contribution in [-0.2, 0) is 4.74 Å². The number of allylic oxidation sites excluding steroid dienone is 1. The van der Waals surface area contributed by atoms with Crippen molar-refractivity contribution >= 4 is 21.6 Å². The van der Waals surface area contributed by atoms with E-state index in [-0.39, 0.29) is 16.3 Å². The zero-order chi connectivity index (χ0) is 14.6. The predicted octanol–water partition coefficient (Wildman–Crippen LogP) is 4.45. The van der Waals surface area contributed by atoms with Gasteiger partial charge in [-0.05, 0) is 53.0 Å². The van der Waals surface area contributed by atoms with Gasteiger partial charge in [-0.15, -0.1) is 13.2 Å². The fourth-order valence-corrected chi connectivity index (χ4v) is 2.24. The summed E-state index contributed by atoms with van der Waals surface area (Å²) in [6.07, 6.45) is 0.890. The van der Waals surface area contributed by atoms with Gasteiger partial charge in [-0.1, -0.05) is 0 Å². The Morgan fingerprint density at radius 1 is 1.40 bits per heavy atom. The molecule has 2 rings (SSSR count). The molecule has 0 saturated heterocycles. The fraction of sp³-hybridized carbons (Fsp3) is 0.385. The van der Waals surface area contributed by atoms with Gasteiger partial charge >= 0.3 is 6.36 Å². The van der Waals surface area contributed by atoms with Crippen LogP contribution in [0.1, 0.15) is 12.8 Å². The predicted molar refractivity (Wildman–Crippen MR) is 72.6 cm³/mol. The van der Waals surface area contributed by atoms with E-state index >= 15 is 0 Å². The van der Waals surface area contributed by atoms with Crippen LogP contribution < -0.4 is 10.1 Å². The summed E-state index contributed by atoms with van der Waals surface area (Å²) >= 11 is 3.06. The molecule has 0 bridgehead atoms. The highest BCUT2D eigenvalue weighted by atomic mass is 79.9. The molecule has 1 atom stereocenters. The van der Waals surface area contributed by atoms with Crippen LogP contribution in [0.2, 0.25) is 0 Å². The van der Waals surface area contributed by atoms with Crippen molar-refractivity contribution in [2.24, 2.45) is 0 Å². The lowest BCUT2D eigenvalue weighted by molar-refractivity contribution is -0.274. The summed E-state index contributed by atoms with van der Waals surface area (Å²) < 4.78 is 45.9. The summed E-state index contributed by atoms with van der Waals surface area (Å²) in [5.74, 6) is -0.264. The van der Waals surface area contributed by atoms with E-state index in [1.54, 1.807) is 12.3 Å². The van der Waals surface area contributed by atoms with Gasteiger partial charge in [0.1, 0.15) is 11.9 Å². The Kier molecular flexibility index (Phi) is 4.80. The molecule has 110 valence electrons. The molecule has 1 aromatic rings. The summed E-state index contributed by atoms with van der Waals surface area (Å²) in [4.78, 5) is 0. The number of rotatable bonds is 4. The number of nitrogens with one attached hydrogen (secondary N) is 1. The van der Waals surface area contributed by atoms with E-state index in [4.69, 9.17) is 4.74 Å². The van der Waals surface area contributed by atoms with Crippen LogP contribution >= 0.6 is 15.9 Å². The fourth-order valence-electron chi connectivity index (χ4n) is 1.78. The molecule has 0 amide bonds. The van der Waals surface area contributed by atoms with Gasteiger partial charge in [0.2, 0.25) is 0 Å². The van der Waals surface area contributed by atoms with Crippen LogP contribution in [-0.4, -0.2) is 19.0 Å². The Hall–Kier alpha value is -1.37. The average molecular weight is 352 g/mol. The Labute approximate surface area is 122 Å². The van der Waals surface area contributed by atoms with Crippen molar-refractivity contribution < 1.29 is 22.6 Å². The van der Waals surface area contributed by atoms with Gasteiger partial charge in [0.05, 0.1) is 17.3 Å². The van der Waals surface area contributed by atoms with Crippen LogP contribution in [0.3, 0.4) is 0 Å². The first-order chi connectivity index (χ1) is 9.44. The molecular formula is C13H13BrF3NO2. The normalized spacial score (nSPS) is 18.5. The van der Waals surface area contributed by atoms with Crippen LogP contribution in [0.4, 0.5) is 18.9 Å². The maximum absolute atomic E-state index is 12.1. The van der Waals surface area contributed by atoms with Crippen molar-refractivity contribution in [3.63, 3.8) is 0 Å². The number of halogens is 4. The van der Waals surface area contributed by atoms with Gasteiger partial charge in [0.15, 0.2) is 0 Å². The summed E-state index contributed by atoms with van der Waals surface area (Å²) in [5.41, 5.74) is 0.699. The van der Waals surface area contributed by atoms with E-state index in [0.29, 0.717) is 12.2 Å². The molecule has 0 saturated carbocycles. The van der Waals surface area contributed by atoms with Crippen LogP contribution in [0.25, 0.3) is 0 Å². The number of hydrogen-bond acceptors (Lipinski definition) is 3. The minimum absolute atomic E-state index is 0.0740. The lowest BCUT2D eigenvalue weighted by Gasteiger charge is -2.20. The minimum atomic E-state index is -4.69. The lowest BCUT2D eigenvalue weighted by atomic mass is 10.1. The van der Waals surface area contributed by atoms with Crippen molar-refractivity contribution in [2.45, 2.75) is 25.3 Å². The van der Waals surface area contributed by atoms with Gasteiger partial charge < -0.3 is 14.8 Å². The van der Waals surface area contributed by atoms with Gasteiger partial charge in [-0.2, -0.15) is 0 Å². The molecule has 0 aromatic heterocycles. The van der Waals surface area contributed by atoms with Gasteiger partial charge in [-0.3, -0.25) is 0 Å². The van der Waals surface area contributed by atoms with E-state index < -0.39 is 6.36 Å². The van der Waals surface area contributed by atoms with E-state index in [1.165, 1.54) is 12.1 Å². The highest BCUT2D eigenvalue weighted by Crippen LogP contribution is 2.32. The van der Waals surface area contributed by atoms with Crippen LogP contribution in [0, 0.1) is 0 Å². The maximum atomic E-state index is 12.1. The third-order valence-electron chi connectivity index (χ3n) is 2.71. The Bertz CT molecular complexity index is 491. The highest BCUT2D eigenvalue weighted by Gasteiger charge is 2.31. The molecule has 1 N–H and O–H groups in total. The van der Waals surface area contributed by atoms with Crippen molar-refractivity contribution in [2.75, 3.05) is 11.9 Å². The summed E-state index contributed by atoms with van der Waals surface area (Å²) in [6.45, 7) is 0.594. The van der Waals surface area contributed by atoms with E-state index in [1.807, 2.05) is 6.08 Å². The van der Waals surface area contributed by atoms with Crippen molar-refractivity contribution in [3.05, 3.63) is 35.0 Å². The SMILES string of the molecule is FC(F)(F)Oc1ccc(NCC2CCC=CO2)cc1Br. The molecule has 1 unspecified atom stereocenters. The molecular weight excluding hydrogens is 339 g/mol. The van der Waals surface area contributed by atoms with Gasteiger partial charge in [0.25, 0.3) is 0 Å². The first-order valence-electron chi connectivity index (χ1n) is 6.04. The molecule has 3 nitrogen and oxygen atoms in total. The molecule has 1 aliphatic rings. The Morgan fingerprint density at radius 3 is 2.80 bits per heavy atom. The first-order valence-corrected chi connectivity index (χ1v) is 6.83. The third kappa shape index (κ3) is 4.63. The van der Waals surface area contributed by atoms with E-state index in [0.717, 1.165) is 12.8 Å². The van der Waals surface area contributed by atoms with Crippen molar-refractivity contribution in [3.8, 4) is 5.75 Å². The smallest absolute Gasteiger partial charge is 0.497 e. The molecule has 0 fully saturated rings. The summed E-state index contributed by atoms with van der Waals surface area (Å²) in [6, 6.07) is 4.34. The van der Waals surface area contributed by atoms with Crippen LogP contribution in [0.15, 0.2) is 35.0 Å². The molecule has 20 heavy (non-hydrogen) atoms. The molecule has 0 radical (unpaired) electrons. The number of alkyl halides is 3. The first kappa shape index (κ1) is 15.0. The largest absolute Gasteiger partial charge is 0.573 e. The molecule has 0 spiro atoms. The number of benzene rings is 1. The molecule has 1 heterocycles.